The third-order valence-electron chi connectivity index (χ3n) is 3.87. The first kappa shape index (κ1) is 16.1. The minimum atomic E-state index is 0.127. The highest BCUT2D eigenvalue weighted by atomic mass is 35.5. The van der Waals surface area contributed by atoms with Gasteiger partial charge in [0.25, 0.3) is 0 Å². The van der Waals surface area contributed by atoms with Crippen LogP contribution in [0.3, 0.4) is 0 Å². The molecule has 3 atom stereocenters. The Balaban J connectivity index is 2.29. The van der Waals surface area contributed by atoms with Crippen LogP contribution < -0.4 is 5.73 Å². The minimum absolute atomic E-state index is 0.127. The van der Waals surface area contributed by atoms with E-state index in [1.807, 2.05) is 12.1 Å². The zero-order chi connectivity index (χ0) is 14.7. The quantitative estimate of drug-likeness (QED) is 0.924. The summed E-state index contributed by atoms with van der Waals surface area (Å²) < 4.78 is 5.75. The molecule has 1 aliphatic rings. The predicted octanol–water partition coefficient (Wildman–Crippen LogP) is 3.49. The summed E-state index contributed by atoms with van der Waals surface area (Å²) >= 11 is 12.2. The van der Waals surface area contributed by atoms with E-state index in [1.54, 1.807) is 6.07 Å². The van der Waals surface area contributed by atoms with E-state index in [0.717, 1.165) is 25.1 Å². The lowest BCUT2D eigenvalue weighted by Gasteiger charge is -2.43. The van der Waals surface area contributed by atoms with Gasteiger partial charge in [0.2, 0.25) is 0 Å². The van der Waals surface area contributed by atoms with Gasteiger partial charge in [0.15, 0.2) is 0 Å². The average molecular weight is 317 g/mol. The Morgan fingerprint density at radius 2 is 2.00 bits per heavy atom. The van der Waals surface area contributed by atoms with Crippen molar-refractivity contribution in [1.29, 1.82) is 0 Å². The number of morpholine rings is 1. The summed E-state index contributed by atoms with van der Waals surface area (Å²) in [4.78, 5) is 2.43. The Morgan fingerprint density at radius 3 is 2.55 bits per heavy atom. The number of nitrogens with zero attached hydrogens (tertiary/aromatic N) is 1. The fraction of sp³-hybridized carbons (Fsp3) is 0.600. The molecule has 3 nitrogen and oxygen atoms in total. The molecule has 0 aliphatic carbocycles. The number of hydrogen-bond acceptors (Lipinski definition) is 3. The molecule has 0 aromatic heterocycles. The number of rotatable bonds is 4. The Kier molecular flexibility index (Phi) is 5.70. The lowest BCUT2D eigenvalue weighted by molar-refractivity contribution is -0.0719. The number of nitrogens with two attached hydrogens (primary N) is 1. The molecule has 1 saturated heterocycles. The molecule has 1 heterocycles. The fourth-order valence-corrected chi connectivity index (χ4v) is 3.38. The number of halogens is 2. The number of hydrogen-bond donors (Lipinski definition) is 1. The van der Waals surface area contributed by atoms with E-state index in [2.05, 4.69) is 18.7 Å². The molecule has 1 fully saturated rings. The molecular weight excluding hydrogens is 295 g/mol. The molecule has 20 heavy (non-hydrogen) atoms. The highest BCUT2D eigenvalue weighted by molar-refractivity contribution is 6.34. The van der Waals surface area contributed by atoms with Crippen LogP contribution >= 0.6 is 23.2 Å². The van der Waals surface area contributed by atoms with Crippen LogP contribution in [0.1, 0.15) is 31.9 Å². The monoisotopic (exact) mass is 316 g/mol. The Bertz CT molecular complexity index is 435. The Hall–Kier alpha value is -0.320. The molecule has 0 radical (unpaired) electrons. The van der Waals surface area contributed by atoms with Crippen LogP contribution in [-0.4, -0.2) is 36.7 Å². The van der Waals surface area contributed by atoms with Crippen LogP contribution in [0, 0.1) is 0 Å². The lowest BCUT2D eigenvalue weighted by Crippen LogP contribution is -2.51. The topological polar surface area (TPSA) is 38.5 Å². The van der Waals surface area contributed by atoms with Crippen molar-refractivity contribution < 1.29 is 4.74 Å². The summed E-state index contributed by atoms with van der Waals surface area (Å²) in [7, 11) is 0. The van der Waals surface area contributed by atoms with Crippen molar-refractivity contribution in [3.05, 3.63) is 33.8 Å². The fourth-order valence-electron chi connectivity index (χ4n) is 2.83. The third kappa shape index (κ3) is 3.66. The van der Waals surface area contributed by atoms with Gasteiger partial charge in [-0.15, -0.1) is 0 Å². The van der Waals surface area contributed by atoms with Gasteiger partial charge < -0.3 is 10.5 Å². The van der Waals surface area contributed by atoms with E-state index in [4.69, 9.17) is 33.7 Å². The highest BCUT2D eigenvalue weighted by Gasteiger charge is 2.31. The van der Waals surface area contributed by atoms with E-state index in [1.165, 1.54) is 0 Å². The Labute approximate surface area is 131 Å². The highest BCUT2D eigenvalue weighted by Crippen LogP contribution is 2.30. The molecule has 0 spiro atoms. The van der Waals surface area contributed by atoms with Gasteiger partial charge >= 0.3 is 0 Å². The van der Waals surface area contributed by atoms with E-state index in [0.29, 0.717) is 22.6 Å². The number of benzene rings is 1. The molecular formula is C15H22Cl2N2O. The van der Waals surface area contributed by atoms with E-state index >= 15 is 0 Å². The minimum Gasteiger partial charge on any atom is -0.376 e. The van der Waals surface area contributed by atoms with E-state index < -0.39 is 0 Å². The predicted molar refractivity (Wildman–Crippen MR) is 84.5 cm³/mol. The normalized spacial score (nSPS) is 25.6. The molecule has 112 valence electrons. The molecule has 0 amide bonds. The molecule has 2 rings (SSSR count). The van der Waals surface area contributed by atoms with Crippen molar-refractivity contribution in [2.75, 3.05) is 19.7 Å². The zero-order valence-corrected chi connectivity index (χ0v) is 13.5. The molecule has 2 N–H and O–H groups in total. The second-order valence-electron chi connectivity index (χ2n) is 5.36. The summed E-state index contributed by atoms with van der Waals surface area (Å²) in [6.07, 6.45) is 1.26. The molecule has 5 heteroatoms. The van der Waals surface area contributed by atoms with Crippen LogP contribution in [0.15, 0.2) is 18.2 Å². The third-order valence-corrected chi connectivity index (χ3v) is 4.31. The first-order chi connectivity index (χ1) is 9.55. The molecule has 1 aromatic rings. The maximum Gasteiger partial charge on any atom is 0.0675 e. The molecule has 1 aromatic carbocycles. The van der Waals surface area contributed by atoms with Gasteiger partial charge in [-0.1, -0.05) is 30.1 Å². The van der Waals surface area contributed by atoms with Crippen molar-refractivity contribution in [3.63, 3.8) is 0 Å². The van der Waals surface area contributed by atoms with Crippen LogP contribution in [0.2, 0.25) is 10.0 Å². The van der Waals surface area contributed by atoms with Crippen molar-refractivity contribution >= 4 is 23.2 Å². The van der Waals surface area contributed by atoms with Crippen molar-refractivity contribution in [2.45, 2.75) is 38.5 Å². The van der Waals surface area contributed by atoms with Crippen LogP contribution in [0.5, 0.6) is 0 Å². The standard InChI is InChI=1S/C15H22Cl2N2O/c1-3-14-9-20-10(2)8-19(14)15(7-18)11-4-12(16)6-13(17)5-11/h4-6,10,14-15H,3,7-9,18H2,1-2H3. The second-order valence-corrected chi connectivity index (χ2v) is 6.23. The van der Waals surface area contributed by atoms with Gasteiger partial charge in [0.05, 0.1) is 12.7 Å². The first-order valence-corrected chi connectivity index (χ1v) is 7.84. The average Bonchev–Trinajstić information content (AvgIpc) is 2.39. The van der Waals surface area contributed by atoms with Crippen LogP contribution in [-0.2, 0) is 4.74 Å². The van der Waals surface area contributed by atoms with Crippen LogP contribution in [0.4, 0.5) is 0 Å². The van der Waals surface area contributed by atoms with Crippen molar-refractivity contribution in [1.82, 2.24) is 4.90 Å². The SMILES string of the molecule is CCC1COC(C)CN1C(CN)c1cc(Cl)cc(Cl)c1. The van der Waals surface area contributed by atoms with Crippen molar-refractivity contribution in [3.8, 4) is 0 Å². The lowest BCUT2D eigenvalue weighted by atomic mass is 10.0. The van der Waals surface area contributed by atoms with Gasteiger partial charge in [0, 0.05) is 35.2 Å². The van der Waals surface area contributed by atoms with Crippen molar-refractivity contribution in [2.24, 2.45) is 5.73 Å². The van der Waals surface area contributed by atoms with E-state index in [9.17, 15) is 0 Å². The summed E-state index contributed by atoms with van der Waals surface area (Å²) in [6.45, 7) is 6.44. The largest absolute Gasteiger partial charge is 0.376 e. The maximum atomic E-state index is 6.12. The summed E-state index contributed by atoms with van der Waals surface area (Å²) in [6, 6.07) is 6.18. The zero-order valence-electron chi connectivity index (χ0n) is 12.0. The van der Waals surface area contributed by atoms with Crippen LogP contribution in [0.25, 0.3) is 0 Å². The second kappa shape index (κ2) is 7.10. The summed E-state index contributed by atoms with van der Waals surface area (Å²) in [5, 5.41) is 1.31. The van der Waals surface area contributed by atoms with E-state index in [-0.39, 0.29) is 12.1 Å². The van der Waals surface area contributed by atoms with Gasteiger partial charge in [-0.2, -0.15) is 0 Å². The molecule has 3 unspecified atom stereocenters. The first-order valence-electron chi connectivity index (χ1n) is 7.08. The van der Waals surface area contributed by atoms with Gasteiger partial charge in [-0.3, -0.25) is 4.90 Å². The smallest absolute Gasteiger partial charge is 0.0675 e. The molecule has 0 saturated carbocycles. The number of ether oxygens (including phenoxy) is 1. The summed E-state index contributed by atoms with van der Waals surface area (Å²) in [5.41, 5.74) is 7.11. The molecule has 1 aliphatic heterocycles. The molecule has 0 bridgehead atoms. The van der Waals surface area contributed by atoms with Gasteiger partial charge in [-0.25, -0.2) is 0 Å². The van der Waals surface area contributed by atoms with Gasteiger partial charge in [-0.05, 0) is 37.1 Å². The summed E-state index contributed by atoms with van der Waals surface area (Å²) in [5.74, 6) is 0. The maximum absolute atomic E-state index is 6.12. The Morgan fingerprint density at radius 1 is 1.35 bits per heavy atom. The van der Waals surface area contributed by atoms with Gasteiger partial charge in [0.1, 0.15) is 0 Å².